The summed E-state index contributed by atoms with van der Waals surface area (Å²) in [6, 6.07) is 8.09. The molecule has 1 heterocycles. The van der Waals surface area contributed by atoms with E-state index in [1.54, 1.807) is 40.1 Å². The van der Waals surface area contributed by atoms with Crippen LogP contribution in [-0.4, -0.2) is 81.3 Å². The van der Waals surface area contributed by atoms with Crippen molar-refractivity contribution < 1.29 is 33.6 Å². The number of piperazine rings is 1. The number of amides is 2. The van der Waals surface area contributed by atoms with E-state index < -0.39 is 0 Å². The highest BCUT2D eigenvalue weighted by Gasteiger charge is 2.26. The molecular weight excluding hydrogens is 428 g/mol. The van der Waals surface area contributed by atoms with Crippen LogP contribution in [0, 0.1) is 0 Å². The molecule has 0 aromatic heterocycles. The summed E-state index contributed by atoms with van der Waals surface area (Å²) in [5.41, 5.74) is 1.15. The molecule has 0 saturated carbocycles. The number of carbonyl (C=O) groups is 2. The number of aromatic hydroxyl groups is 1. The molecule has 0 unspecified atom stereocenters. The van der Waals surface area contributed by atoms with E-state index in [1.165, 1.54) is 40.6 Å². The first-order valence-corrected chi connectivity index (χ1v) is 10.3. The van der Waals surface area contributed by atoms with E-state index in [0.29, 0.717) is 54.7 Å². The Morgan fingerprint density at radius 2 is 1.39 bits per heavy atom. The molecule has 9 heteroatoms. The lowest BCUT2D eigenvalue weighted by Crippen LogP contribution is -2.50. The van der Waals surface area contributed by atoms with Gasteiger partial charge in [0.1, 0.15) is 0 Å². The lowest BCUT2D eigenvalue weighted by Gasteiger charge is -2.34. The highest BCUT2D eigenvalue weighted by atomic mass is 16.5. The summed E-state index contributed by atoms with van der Waals surface area (Å²) in [5.74, 6) is 1.28. The molecule has 2 amide bonds. The Hall–Kier alpha value is -3.88. The Kier molecular flexibility index (Phi) is 7.66. The molecule has 0 bridgehead atoms. The van der Waals surface area contributed by atoms with Crippen molar-refractivity contribution in [3.63, 3.8) is 0 Å². The molecule has 9 nitrogen and oxygen atoms in total. The maximum atomic E-state index is 13.0. The first-order chi connectivity index (χ1) is 15.9. The monoisotopic (exact) mass is 456 g/mol. The molecule has 0 spiro atoms. The average molecular weight is 456 g/mol. The topological polar surface area (TPSA) is 97.8 Å². The van der Waals surface area contributed by atoms with Gasteiger partial charge in [-0.25, -0.2) is 0 Å². The average Bonchev–Trinajstić information content (AvgIpc) is 2.86. The van der Waals surface area contributed by atoms with E-state index in [-0.39, 0.29) is 17.6 Å². The van der Waals surface area contributed by atoms with Crippen LogP contribution in [0.3, 0.4) is 0 Å². The largest absolute Gasteiger partial charge is 0.504 e. The summed E-state index contributed by atoms with van der Waals surface area (Å²) >= 11 is 0. The van der Waals surface area contributed by atoms with Crippen molar-refractivity contribution >= 4 is 17.9 Å². The summed E-state index contributed by atoms with van der Waals surface area (Å²) in [6.45, 7) is 1.64. The van der Waals surface area contributed by atoms with Crippen LogP contribution < -0.4 is 18.9 Å². The molecule has 3 rings (SSSR count). The minimum atomic E-state index is -0.173. The molecule has 0 radical (unpaired) electrons. The van der Waals surface area contributed by atoms with Crippen LogP contribution >= 0.6 is 0 Å². The van der Waals surface area contributed by atoms with Gasteiger partial charge < -0.3 is 33.9 Å². The van der Waals surface area contributed by atoms with Gasteiger partial charge >= 0.3 is 0 Å². The molecule has 176 valence electrons. The van der Waals surface area contributed by atoms with Gasteiger partial charge in [-0.3, -0.25) is 9.59 Å². The van der Waals surface area contributed by atoms with E-state index in [0.717, 1.165) is 5.56 Å². The number of phenolic OH excluding ortho intramolecular Hbond substituents is 1. The number of benzene rings is 2. The van der Waals surface area contributed by atoms with Gasteiger partial charge in [-0.2, -0.15) is 0 Å². The predicted molar refractivity (Wildman–Crippen MR) is 122 cm³/mol. The van der Waals surface area contributed by atoms with Crippen LogP contribution in [0.1, 0.15) is 15.9 Å². The zero-order valence-corrected chi connectivity index (χ0v) is 19.2. The summed E-state index contributed by atoms with van der Waals surface area (Å²) in [4.78, 5) is 29.0. The Labute approximate surface area is 192 Å². The van der Waals surface area contributed by atoms with Crippen molar-refractivity contribution in [3.8, 4) is 28.7 Å². The number of nitrogens with zero attached hydrogens (tertiary/aromatic N) is 2. The number of carbonyl (C=O) groups excluding carboxylic acids is 2. The second-order valence-electron chi connectivity index (χ2n) is 7.30. The number of phenols is 1. The number of ether oxygens (including phenoxy) is 4. The Balaban J connectivity index is 1.63. The maximum Gasteiger partial charge on any atom is 0.254 e. The van der Waals surface area contributed by atoms with E-state index in [4.69, 9.17) is 18.9 Å². The summed E-state index contributed by atoms with van der Waals surface area (Å²) in [5, 5.41) is 9.68. The molecule has 2 aromatic carbocycles. The Morgan fingerprint density at radius 1 is 0.818 bits per heavy atom. The number of hydrogen-bond acceptors (Lipinski definition) is 7. The standard InChI is InChI=1S/C24H28N2O7/c1-30-19-13-16(5-7-18(19)27)6-8-22(28)25-9-11-26(12-10-25)24(29)17-14-20(31-2)23(33-4)21(15-17)32-3/h5-8,13-15,27H,9-12H2,1-4H3/b8-6+. The van der Waals surface area contributed by atoms with Crippen molar-refractivity contribution in [1.82, 2.24) is 9.80 Å². The highest BCUT2D eigenvalue weighted by Crippen LogP contribution is 2.38. The van der Waals surface area contributed by atoms with Gasteiger partial charge in [0, 0.05) is 37.8 Å². The van der Waals surface area contributed by atoms with Crippen LogP contribution in [0.4, 0.5) is 0 Å². The number of hydrogen-bond donors (Lipinski definition) is 1. The van der Waals surface area contributed by atoms with Crippen molar-refractivity contribution in [2.75, 3.05) is 54.6 Å². The second kappa shape index (κ2) is 10.6. The van der Waals surface area contributed by atoms with Gasteiger partial charge in [-0.15, -0.1) is 0 Å². The lowest BCUT2D eigenvalue weighted by atomic mass is 10.1. The zero-order valence-electron chi connectivity index (χ0n) is 19.2. The molecular formula is C24H28N2O7. The third-order valence-corrected chi connectivity index (χ3v) is 5.41. The molecule has 2 aromatic rings. The minimum Gasteiger partial charge on any atom is -0.504 e. The fourth-order valence-electron chi connectivity index (χ4n) is 3.59. The molecule has 0 atom stereocenters. The molecule has 0 aliphatic carbocycles. The second-order valence-corrected chi connectivity index (χ2v) is 7.30. The first kappa shape index (κ1) is 23.8. The maximum absolute atomic E-state index is 13.0. The van der Waals surface area contributed by atoms with Gasteiger partial charge in [0.15, 0.2) is 23.0 Å². The smallest absolute Gasteiger partial charge is 0.254 e. The van der Waals surface area contributed by atoms with Crippen LogP contribution in [0.15, 0.2) is 36.4 Å². The molecule has 1 aliphatic heterocycles. The normalized spacial score (nSPS) is 13.7. The fourth-order valence-corrected chi connectivity index (χ4v) is 3.59. The number of methoxy groups -OCH3 is 4. The van der Waals surface area contributed by atoms with Crippen molar-refractivity contribution in [2.24, 2.45) is 0 Å². The third-order valence-electron chi connectivity index (χ3n) is 5.41. The van der Waals surface area contributed by atoms with E-state index >= 15 is 0 Å². The molecule has 1 saturated heterocycles. The Morgan fingerprint density at radius 3 is 1.94 bits per heavy atom. The van der Waals surface area contributed by atoms with Gasteiger partial charge in [0.05, 0.1) is 28.4 Å². The van der Waals surface area contributed by atoms with Gasteiger partial charge in [-0.1, -0.05) is 6.07 Å². The van der Waals surface area contributed by atoms with Gasteiger partial charge in [0.2, 0.25) is 11.7 Å². The predicted octanol–water partition coefficient (Wildman–Crippen LogP) is 2.42. The van der Waals surface area contributed by atoms with Gasteiger partial charge in [-0.05, 0) is 35.9 Å². The van der Waals surface area contributed by atoms with Gasteiger partial charge in [0.25, 0.3) is 5.91 Å². The molecule has 1 fully saturated rings. The minimum absolute atomic E-state index is 0.0360. The highest BCUT2D eigenvalue weighted by molar-refractivity contribution is 5.96. The van der Waals surface area contributed by atoms with E-state index in [1.807, 2.05) is 0 Å². The summed E-state index contributed by atoms with van der Waals surface area (Å²) in [6.07, 6.45) is 3.14. The lowest BCUT2D eigenvalue weighted by molar-refractivity contribution is -0.127. The van der Waals surface area contributed by atoms with Crippen molar-refractivity contribution in [3.05, 3.63) is 47.5 Å². The van der Waals surface area contributed by atoms with Crippen LogP contribution in [0.25, 0.3) is 6.08 Å². The van der Waals surface area contributed by atoms with Crippen molar-refractivity contribution in [1.29, 1.82) is 0 Å². The molecule has 1 N–H and O–H groups in total. The van der Waals surface area contributed by atoms with Crippen LogP contribution in [-0.2, 0) is 4.79 Å². The van der Waals surface area contributed by atoms with Crippen molar-refractivity contribution in [2.45, 2.75) is 0 Å². The SMILES string of the molecule is COc1cc(/C=C/C(=O)N2CCN(C(=O)c3cc(OC)c(OC)c(OC)c3)CC2)ccc1O. The third kappa shape index (κ3) is 5.31. The first-order valence-electron chi connectivity index (χ1n) is 10.3. The van der Waals surface area contributed by atoms with E-state index in [9.17, 15) is 14.7 Å². The fraction of sp³-hybridized carbons (Fsp3) is 0.333. The molecule has 1 aliphatic rings. The van der Waals surface area contributed by atoms with Crippen LogP contribution in [0.2, 0.25) is 0 Å². The number of rotatable bonds is 7. The zero-order chi connectivity index (χ0) is 24.0. The quantitative estimate of drug-likeness (QED) is 0.639. The van der Waals surface area contributed by atoms with E-state index in [2.05, 4.69) is 0 Å². The Bertz CT molecular complexity index is 1020. The summed E-state index contributed by atoms with van der Waals surface area (Å²) < 4.78 is 21.1. The molecule has 33 heavy (non-hydrogen) atoms. The summed E-state index contributed by atoms with van der Waals surface area (Å²) in [7, 11) is 5.96. The van der Waals surface area contributed by atoms with Crippen LogP contribution in [0.5, 0.6) is 28.7 Å².